The van der Waals surface area contributed by atoms with Crippen LogP contribution < -0.4 is 10.6 Å². The monoisotopic (exact) mass is 292 g/mol. The van der Waals surface area contributed by atoms with E-state index >= 15 is 0 Å². The van der Waals surface area contributed by atoms with E-state index in [2.05, 4.69) is 10.6 Å². The molecule has 0 aromatic heterocycles. The molecular formula is C17H25FN2O. The molecule has 1 atom stereocenters. The summed E-state index contributed by atoms with van der Waals surface area (Å²) in [5.41, 5.74) is 0.731. The summed E-state index contributed by atoms with van der Waals surface area (Å²) in [4.78, 5) is 12.3. The fraction of sp³-hybridized carbons (Fsp3) is 0.588. The Labute approximate surface area is 126 Å². The van der Waals surface area contributed by atoms with Crippen molar-refractivity contribution >= 4 is 5.91 Å². The largest absolute Gasteiger partial charge is 0.350 e. The van der Waals surface area contributed by atoms with Gasteiger partial charge in [0, 0.05) is 12.0 Å². The van der Waals surface area contributed by atoms with Crippen LogP contribution in [0.5, 0.6) is 0 Å². The summed E-state index contributed by atoms with van der Waals surface area (Å²) < 4.78 is 13.2. The Morgan fingerprint density at radius 2 is 2.05 bits per heavy atom. The van der Waals surface area contributed by atoms with Crippen LogP contribution in [0.25, 0.3) is 0 Å². The normalized spacial score (nSPS) is 19.0. The number of rotatable bonds is 5. The smallest absolute Gasteiger partial charge is 0.222 e. The predicted octanol–water partition coefficient (Wildman–Crippen LogP) is 3.32. The van der Waals surface area contributed by atoms with Crippen molar-refractivity contribution in [3.63, 3.8) is 0 Å². The molecular weight excluding hydrogens is 267 g/mol. The van der Waals surface area contributed by atoms with Crippen molar-refractivity contribution in [2.45, 2.75) is 57.0 Å². The van der Waals surface area contributed by atoms with Gasteiger partial charge in [-0.05, 0) is 44.5 Å². The van der Waals surface area contributed by atoms with Gasteiger partial charge in [-0.2, -0.15) is 0 Å². The Hall–Kier alpha value is -1.42. The molecule has 1 fully saturated rings. The Morgan fingerprint density at radius 3 is 2.67 bits per heavy atom. The third-order valence-electron chi connectivity index (χ3n) is 4.57. The molecule has 1 aliphatic carbocycles. The average molecular weight is 292 g/mol. The van der Waals surface area contributed by atoms with Gasteiger partial charge < -0.3 is 10.6 Å². The van der Waals surface area contributed by atoms with Crippen LogP contribution in [0.4, 0.5) is 4.39 Å². The molecule has 3 nitrogen and oxygen atoms in total. The van der Waals surface area contributed by atoms with Gasteiger partial charge in [0.15, 0.2) is 0 Å². The second-order valence-electron chi connectivity index (χ2n) is 6.11. The first kappa shape index (κ1) is 16.0. The molecule has 2 N–H and O–H groups in total. The van der Waals surface area contributed by atoms with Crippen LogP contribution in [0.3, 0.4) is 0 Å². The van der Waals surface area contributed by atoms with E-state index < -0.39 is 0 Å². The number of benzene rings is 1. The van der Waals surface area contributed by atoms with E-state index in [1.165, 1.54) is 31.4 Å². The van der Waals surface area contributed by atoms with Crippen LogP contribution in [-0.4, -0.2) is 18.5 Å². The average Bonchev–Trinajstić information content (AvgIpc) is 2.48. The quantitative estimate of drug-likeness (QED) is 0.874. The Balaban J connectivity index is 1.94. The van der Waals surface area contributed by atoms with Gasteiger partial charge in [0.05, 0.1) is 6.04 Å². The number of carbonyl (C=O) groups is 1. The summed E-state index contributed by atoms with van der Waals surface area (Å²) in [5, 5.41) is 6.33. The Kier molecular flexibility index (Phi) is 5.34. The molecule has 1 aromatic rings. The van der Waals surface area contributed by atoms with Gasteiger partial charge in [-0.1, -0.05) is 31.4 Å². The number of nitrogens with one attached hydrogen (secondary N) is 2. The van der Waals surface area contributed by atoms with E-state index in [9.17, 15) is 9.18 Å². The van der Waals surface area contributed by atoms with Gasteiger partial charge in [0.1, 0.15) is 5.82 Å². The lowest BCUT2D eigenvalue weighted by Crippen LogP contribution is -2.48. The van der Waals surface area contributed by atoms with Crippen LogP contribution in [0.15, 0.2) is 24.3 Å². The molecule has 0 aliphatic heterocycles. The van der Waals surface area contributed by atoms with Crippen molar-refractivity contribution in [2.75, 3.05) is 7.05 Å². The molecule has 0 spiro atoms. The fourth-order valence-corrected chi connectivity index (χ4v) is 3.20. The van der Waals surface area contributed by atoms with Crippen LogP contribution >= 0.6 is 0 Å². The van der Waals surface area contributed by atoms with Gasteiger partial charge in [0.2, 0.25) is 5.91 Å². The van der Waals surface area contributed by atoms with Gasteiger partial charge in [-0.25, -0.2) is 4.39 Å². The number of halogens is 1. The van der Waals surface area contributed by atoms with Gasteiger partial charge in [-0.3, -0.25) is 4.79 Å². The molecule has 116 valence electrons. The van der Waals surface area contributed by atoms with E-state index in [4.69, 9.17) is 0 Å². The summed E-state index contributed by atoms with van der Waals surface area (Å²) in [7, 11) is 1.94. The molecule has 4 heteroatoms. The zero-order valence-corrected chi connectivity index (χ0v) is 12.9. The van der Waals surface area contributed by atoms with Crippen molar-refractivity contribution in [3.8, 4) is 0 Å². The molecule has 2 rings (SSSR count). The lowest BCUT2D eigenvalue weighted by atomic mass is 9.79. The molecule has 1 saturated carbocycles. The van der Waals surface area contributed by atoms with Gasteiger partial charge >= 0.3 is 0 Å². The second-order valence-corrected chi connectivity index (χ2v) is 6.11. The number of carbonyl (C=O) groups excluding carboxylic acids is 1. The second kappa shape index (κ2) is 7.03. The maximum Gasteiger partial charge on any atom is 0.222 e. The van der Waals surface area contributed by atoms with Crippen molar-refractivity contribution in [1.82, 2.24) is 10.6 Å². The molecule has 1 amide bonds. The zero-order chi connectivity index (χ0) is 15.3. The standard InChI is InChI=1S/C17H25FN2O/c1-13(14-7-6-8-15(18)11-14)20-16(21)12-17(19-2)9-4-3-5-10-17/h6-8,11,13,19H,3-5,9-10,12H2,1-2H3,(H,20,21). The number of hydrogen-bond donors (Lipinski definition) is 2. The third kappa shape index (κ3) is 4.27. The lowest BCUT2D eigenvalue weighted by molar-refractivity contribution is -0.123. The number of hydrogen-bond acceptors (Lipinski definition) is 2. The molecule has 0 heterocycles. The first-order chi connectivity index (χ1) is 10.0. The molecule has 21 heavy (non-hydrogen) atoms. The van der Waals surface area contributed by atoms with E-state index in [1.54, 1.807) is 6.07 Å². The van der Waals surface area contributed by atoms with Crippen LogP contribution in [0.1, 0.15) is 57.1 Å². The van der Waals surface area contributed by atoms with Crippen molar-refractivity contribution < 1.29 is 9.18 Å². The molecule has 1 aliphatic rings. The minimum atomic E-state index is -0.271. The highest BCUT2D eigenvalue weighted by Crippen LogP contribution is 2.30. The van der Waals surface area contributed by atoms with E-state index in [0.29, 0.717) is 6.42 Å². The van der Waals surface area contributed by atoms with Crippen LogP contribution in [0, 0.1) is 5.82 Å². The molecule has 0 bridgehead atoms. The first-order valence-electron chi connectivity index (χ1n) is 7.78. The van der Waals surface area contributed by atoms with Crippen LogP contribution in [0.2, 0.25) is 0 Å². The summed E-state index contributed by atoms with van der Waals surface area (Å²) in [6.45, 7) is 1.89. The van der Waals surface area contributed by atoms with E-state index in [-0.39, 0.29) is 23.3 Å². The highest BCUT2D eigenvalue weighted by Gasteiger charge is 2.32. The maximum absolute atomic E-state index is 13.2. The maximum atomic E-state index is 13.2. The molecule has 0 radical (unpaired) electrons. The minimum Gasteiger partial charge on any atom is -0.350 e. The van der Waals surface area contributed by atoms with Crippen molar-refractivity contribution in [1.29, 1.82) is 0 Å². The summed E-state index contributed by atoms with van der Waals surface area (Å²) in [5.74, 6) is -0.240. The van der Waals surface area contributed by atoms with Gasteiger partial charge in [-0.15, -0.1) is 0 Å². The van der Waals surface area contributed by atoms with Crippen LogP contribution in [-0.2, 0) is 4.79 Å². The summed E-state index contributed by atoms with van der Waals surface area (Å²) in [6.07, 6.45) is 6.19. The predicted molar refractivity (Wildman–Crippen MR) is 82.5 cm³/mol. The van der Waals surface area contributed by atoms with E-state index in [0.717, 1.165) is 18.4 Å². The Bertz CT molecular complexity index is 483. The molecule has 1 unspecified atom stereocenters. The van der Waals surface area contributed by atoms with Crippen molar-refractivity contribution in [2.24, 2.45) is 0 Å². The fourth-order valence-electron chi connectivity index (χ4n) is 3.20. The highest BCUT2D eigenvalue weighted by atomic mass is 19.1. The minimum absolute atomic E-state index is 0.0306. The Morgan fingerprint density at radius 1 is 1.33 bits per heavy atom. The molecule has 0 saturated heterocycles. The number of amides is 1. The summed E-state index contributed by atoms with van der Waals surface area (Å²) in [6, 6.07) is 6.22. The highest BCUT2D eigenvalue weighted by molar-refractivity contribution is 5.77. The van der Waals surface area contributed by atoms with Gasteiger partial charge in [0.25, 0.3) is 0 Å². The zero-order valence-electron chi connectivity index (χ0n) is 12.9. The van der Waals surface area contributed by atoms with E-state index in [1.807, 2.05) is 20.0 Å². The molecule has 1 aromatic carbocycles. The summed E-state index contributed by atoms with van der Waals surface area (Å²) >= 11 is 0. The van der Waals surface area contributed by atoms with Crippen molar-refractivity contribution in [3.05, 3.63) is 35.6 Å². The first-order valence-corrected chi connectivity index (χ1v) is 7.78. The SMILES string of the molecule is CNC1(CC(=O)NC(C)c2cccc(F)c2)CCCCC1. The lowest BCUT2D eigenvalue weighted by Gasteiger charge is -2.37. The third-order valence-corrected chi connectivity index (χ3v) is 4.57. The topological polar surface area (TPSA) is 41.1 Å².